The maximum Gasteiger partial charge on any atom is 0.319 e. The minimum Gasteiger partial charge on any atom is -0.491 e. The predicted octanol–water partition coefficient (Wildman–Crippen LogP) is 3.66. The Morgan fingerprint density at radius 3 is 2.44 bits per heavy atom. The third-order valence-corrected chi connectivity index (χ3v) is 7.47. The molecule has 2 amide bonds. The number of para-hydroxylation sites is 1. The van der Waals surface area contributed by atoms with Crippen LogP contribution >= 0.6 is 0 Å². The highest BCUT2D eigenvalue weighted by Gasteiger charge is 2.30. The van der Waals surface area contributed by atoms with Crippen molar-refractivity contribution in [2.75, 3.05) is 11.9 Å². The number of hydrogen-bond donors (Lipinski definition) is 2. The molecule has 0 aromatic heterocycles. The van der Waals surface area contributed by atoms with E-state index in [2.05, 4.69) is 10.6 Å². The number of carbonyl (C=O) groups excluding carboxylic acids is 1. The number of nitrogens with one attached hydrogen (secondary N) is 2. The number of carbonyl (C=O) groups is 1. The van der Waals surface area contributed by atoms with Gasteiger partial charge in [-0.25, -0.2) is 13.2 Å². The molecule has 0 radical (unpaired) electrons. The smallest absolute Gasteiger partial charge is 0.319 e. The Morgan fingerprint density at radius 2 is 1.70 bits per heavy atom. The van der Waals surface area contributed by atoms with Gasteiger partial charge in [0.05, 0.1) is 16.2 Å². The molecule has 2 N–H and O–H groups in total. The second-order valence-corrected chi connectivity index (χ2v) is 9.20. The van der Waals surface area contributed by atoms with E-state index in [1.807, 2.05) is 24.3 Å². The summed E-state index contributed by atoms with van der Waals surface area (Å²) in [5, 5.41) is 5.35. The lowest BCUT2D eigenvalue weighted by Crippen LogP contribution is -2.33. The normalized spacial score (nSPS) is 19.3. The van der Waals surface area contributed by atoms with Gasteiger partial charge in [-0.05, 0) is 43.2 Å². The third kappa shape index (κ3) is 3.64. The molecule has 1 saturated carbocycles. The summed E-state index contributed by atoms with van der Waals surface area (Å²) in [5.74, 6) is 0.782. The van der Waals surface area contributed by atoms with Crippen molar-refractivity contribution in [1.29, 1.82) is 0 Å². The van der Waals surface area contributed by atoms with Gasteiger partial charge in [0, 0.05) is 11.3 Å². The zero-order valence-corrected chi connectivity index (χ0v) is 15.7. The molecule has 0 saturated heterocycles. The topological polar surface area (TPSA) is 84.5 Å². The van der Waals surface area contributed by atoms with E-state index in [0.717, 1.165) is 37.0 Å². The highest BCUT2D eigenvalue weighted by atomic mass is 32.2. The summed E-state index contributed by atoms with van der Waals surface area (Å²) in [6, 6.07) is 13.4. The Balaban J connectivity index is 1.39. The van der Waals surface area contributed by atoms with E-state index < -0.39 is 9.84 Å². The number of rotatable bonds is 4. The van der Waals surface area contributed by atoms with Crippen LogP contribution in [0.25, 0.3) is 0 Å². The minimum atomic E-state index is -3.28. The standard InChI is InChI=1S/C20H22N2O4S/c23-20(22-18-13-26-19-8-4-3-7-17(18)19)21-14-9-11-16(12-10-14)27(24,25)15-5-1-2-6-15/h3-4,7-12,15,18H,1-2,5-6,13H2,(H2,21,22,23)/t18-/m0/s1. The fourth-order valence-corrected chi connectivity index (χ4v) is 5.58. The molecule has 0 unspecified atom stereocenters. The average Bonchev–Trinajstić information content (AvgIpc) is 3.33. The fraction of sp³-hybridized carbons (Fsp3) is 0.350. The van der Waals surface area contributed by atoms with Crippen LogP contribution in [0, 0.1) is 0 Å². The van der Waals surface area contributed by atoms with Crippen molar-refractivity contribution in [3.63, 3.8) is 0 Å². The zero-order valence-electron chi connectivity index (χ0n) is 14.9. The number of anilines is 1. The predicted molar refractivity (Wildman–Crippen MR) is 103 cm³/mol. The number of sulfone groups is 1. The maximum absolute atomic E-state index is 12.6. The number of benzene rings is 2. The Bertz CT molecular complexity index is 935. The van der Waals surface area contributed by atoms with Gasteiger partial charge in [-0.3, -0.25) is 0 Å². The molecule has 2 aliphatic rings. The highest BCUT2D eigenvalue weighted by molar-refractivity contribution is 7.92. The second kappa shape index (κ2) is 7.23. The summed E-state index contributed by atoms with van der Waals surface area (Å²) < 4.78 is 30.8. The molecule has 1 aliphatic heterocycles. The van der Waals surface area contributed by atoms with Crippen LogP contribution in [0.4, 0.5) is 10.5 Å². The Kier molecular flexibility index (Phi) is 4.78. The molecule has 0 spiro atoms. The lowest BCUT2D eigenvalue weighted by Gasteiger charge is -2.14. The van der Waals surface area contributed by atoms with Crippen molar-refractivity contribution in [1.82, 2.24) is 5.32 Å². The third-order valence-electron chi connectivity index (χ3n) is 5.19. The molecule has 2 aromatic rings. The van der Waals surface area contributed by atoms with E-state index in [4.69, 9.17) is 4.74 Å². The first-order valence-electron chi connectivity index (χ1n) is 9.17. The number of urea groups is 1. The first-order valence-corrected chi connectivity index (χ1v) is 10.7. The average molecular weight is 386 g/mol. The molecule has 7 heteroatoms. The van der Waals surface area contributed by atoms with Crippen LogP contribution in [0.5, 0.6) is 5.75 Å². The molecule has 0 bridgehead atoms. The van der Waals surface area contributed by atoms with Gasteiger partial charge in [0.25, 0.3) is 0 Å². The van der Waals surface area contributed by atoms with E-state index in [0.29, 0.717) is 17.2 Å². The van der Waals surface area contributed by atoms with Crippen LogP contribution in [0.3, 0.4) is 0 Å². The molecule has 1 atom stereocenters. The van der Waals surface area contributed by atoms with Gasteiger partial charge in [0.2, 0.25) is 0 Å². The number of ether oxygens (including phenoxy) is 1. The van der Waals surface area contributed by atoms with E-state index in [1.165, 1.54) is 0 Å². The first kappa shape index (κ1) is 17.9. The van der Waals surface area contributed by atoms with Crippen molar-refractivity contribution >= 4 is 21.6 Å². The fourth-order valence-electron chi connectivity index (χ4n) is 3.73. The summed E-state index contributed by atoms with van der Waals surface area (Å²) in [7, 11) is -3.28. The maximum atomic E-state index is 12.6. The summed E-state index contributed by atoms with van der Waals surface area (Å²) >= 11 is 0. The number of hydrogen-bond acceptors (Lipinski definition) is 4. The molecule has 142 valence electrons. The summed E-state index contributed by atoms with van der Waals surface area (Å²) in [4.78, 5) is 12.6. The molecule has 1 aliphatic carbocycles. The first-order chi connectivity index (χ1) is 13.0. The van der Waals surface area contributed by atoms with Gasteiger partial charge >= 0.3 is 6.03 Å². The van der Waals surface area contributed by atoms with Crippen molar-refractivity contribution < 1.29 is 17.9 Å². The monoisotopic (exact) mass is 386 g/mol. The van der Waals surface area contributed by atoms with E-state index >= 15 is 0 Å². The van der Waals surface area contributed by atoms with Crippen LogP contribution in [-0.4, -0.2) is 26.3 Å². The van der Waals surface area contributed by atoms with Gasteiger partial charge in [-0.15, -0.1) is 0 Å². The minimum absolute atomic E-state index is 0.205. The van der Waals surface area contributed by atoms with E-state index in [-0.39, 0.29) is 17.3 Å². The molecule has 4 rings (SSSR count). The number of amides is 2. The Morgan fingerprint density at radius 1 is 1.00 bits per heavy atom. The summed E-state index contributed by atoms with van der Waals surface area (Å²) in [6.07, 6.45) is 3.40. The number of fused-ring (bicyclic) bond motifs is 1. The van der Waals surface area contributed by atoms with Gasteiger partial charge in [-0.1, -0.05) is 31.0 Å². The SMILES string of the molecule is O=C(Nc1ccc(S(=O)(=O)C2CCCC2)cc1)N[C@H]1COc2ccccc21. The molecule has 1 heterocycles. The summed E-state index contributed by atoms with van der Waals surface area (Å²) in [6.45, 7) is 0.394. The van der Waals surface area contributed by atoms with Crippen LogP contribution < -0.4 is 15.4 Å². The molecule has 2 aromatic carbocycles. The molecular weight excluding hydrogens is 364 g/mol. The summed E-state index contributed by atoms with van der Waals surface area (Å²) in [5.41, 5.74) is 1.50. The van der Waals surface area contributed by atoms with Crippen LogP contribution in [0.2, 0.25) is 0 Å². The van der Waals surface area contributed by atoms with Gasteiger partial charge in [0.15, 0.2) is 9.84 Å². The van der Waals surface area contributed by atoms with Crippen LogP contribution in [0.15, 0.2) is 53.4 Å². The van der Waals surface area contributed by atoms with Gasteiger partial charge in [0.1, 0.15) is 12.4 Å². The lowest BCUT2D eigenvalue weighted by molar-refractivity contribution is 0.243. The molecule has 1 fully saturated rings. The van der Waals surface area contributed by atoms with Crippen molar-refractivity contribution in [3.8, 4) is 5.75 Å². The Labute approximate surface area is 158 Å². The van der Waals surface area contributed by atoms with E-state index in [1.54, 1.807) is 24.3 Å². The van der Waals surface area contributed by atoms with E-state index in [9.17, 15) is 13.2 Å². The zero-order chi connectivity index (χ0) is 18.9. The highest BCUT2D eigenvalue weighted by Crippen LogP contribution is 2.32. The van der Waals surface area contributed by atoms with Crippen molar-refractivity contribution in [3.05, 3.63) is 54.1 Å². The van der Waals surface area contributed by atoms with Crippen molar-refractivity contribution in [2.24, 2.45) is 0 Å². The van der Waals surface area contributed by atoms with Gasteiger partial charge in [-0.2, -0.15) is 0 Å². The van der Waals surface area contributed by atoms with Crippen LogP contribution in [0.1, 0.15) is 37.3 Å². The molecular formula is C20H22N2O4S. The second-order valence-electron chi connectivity index (χ2n) is 6.98. The lowest BCUT2D eigenvalue weighted by atomic mass is 10.1. The van der Waals surface area contributed by atoms with Gasteiger partial charge < -0.3 is 15.4 Å². The molecule has 27 heavy (non-hydrogen) atoms. The quantitative estimate of drug-likeness (QED) is 0.840. The largest absolute Gasteiger partial charge is 0.491 e. The van der Waals surface area contributed by atoms with Crippen LogP contribution in [-0.2, 0) is 9.84 Å². The molecule has 6 nitrogen and oxygen atoms in total. The Hall–Kier alpha value is -2.54. The van der Waals surface area contributed by atoms with Crippen molar-refractivity contribution in [2.45, 2.75) is 41.9 Å².